The minimum Gasteiger partial charge on any atom is -0.355 e. The van der Waals surface area contributed by atoms with Gasteiger partial charge in [-0.25, -0.2) is 9.78 Å². The maximum absolute atomic E-state index is 12.4. The summed E-state index contributed by atoms with van der Waals surface area (Å²) in [5, 5.41) is 13.7. The molecular formula is C27H28ClN5O2. The number of anilines is 3. The van der Waals surface area contributed by atoms with E-state index in [2.05, 4.69) is 26.3 Å². The monoisotopic (exact) mass is 489 g/mol. The van der Waals surface area contributed by atoms with Crippen LogP contribution in [0, 0.1) is 0 Å². The number of pyridine rings is 1. The van der Waals surface area contributed by atoms with Gasteiger partial charge in [0.25, 0.3) is 0 Å². The maximum Gasteiger partial charge on any atom is 0.320 e. The van der Waals surface area contributed by atoms with Crippen molar-refractivity contribution in [3.8, 4) is 0 Å². The van der Waals surface area contributed by atoms with Crippen LogP contribution in [0.5, 0.6) is 0 Å². The first-order valence-corrected chi connectivity index (χ1v) is 11.2. The van der Waals surface area contributed by atoms with Gasteiger partial charge in [0.05, 0.1) is 6.42 Å². The molecule has 0 fully saturated rings. The average Bonchev–Trinajstić information content (AvgIpc) is 2.84. The number of fused-ring (bicyclic) bond motifs is 1. The molecule has 1 heterocycles. The normalized spacial score (nSPS) is 10.2. The number of hydrogen-bond acceptors (Lipinski definition) is 4. The average molecular weight is 490 g/mol. The molecule has 4 aromatic rings. The molecule has 0 atom stereocenters. The third-order valence-electron chi connectivity index (χ3n) is 5.25. The van der Waals surface area contributed by atoms with E-state index >= 15 is 0 Å². The number of aromatic nitrogens is 1. The standard InChI is InChI=1S/C27H27N5O2.ClH/c1-2-28-27(34)32-25-16-21-11-7-13-24(23(21)18-29-25)31-22-12-6-10-20(14-22)15-26(33)30-17-19-8-4-3-5-9-19;/h3-14,16,18,31H,2,15,17H2,1H3,(H,30,33)(H2,28,29,32,34);1H. The lowest BCUT2D eigenvalue weighted by molar-refractivity contribution is -0.120. The van der Waals surface area contributed by atoms with Gasteiger partial charge in [-0.1, -0.05) is 54.6 Å². The second-order valence-corrected chi connectivity index (χ2v) is 7.85. The first-order chi connectivity index (χ1) is 16.6. The lowest BCUT2D eigenvalue weighted by Crippen LogP contribution is -2.28. The fourth-order valence-electron chi connectivity index (χ4n) is 3.63. The summed E-state index contributed by atoms with van der Waals surface area (Å²) in [5.41, 5.74) is 3.76. The Balaban J connectivity index is 0.00000342. The van der Waals surface area contributed by atoms with Crippen LogP contribution < -0.4 is 21.3 Å². The topological polar surface area (TPSA) is 95.2 Å². The minimum atomic E-state index is -0.284. The number of amides is 3. The van der Waals surface area contributed by atoms with E-state index in [1.54, 1.807) is 6.20 Å². The number of rotatable bonds is 8. The van der Waals surface area contributed by atoms with Crippen molar-refractivity contribution in [2.45, 2.75) is 19.9 Å². The van der Waals surface area contributed by atoms with E-state index in [1.165, 1.54) is 0 Å². The van der Waals surface area contributed by atoms with E-state index in [0.717, 1.165) is 33.3 Å². The molecule has 7 nitrogen and oxygen atoms in total. The fourth-order valence-corrected chi connectivity index (χ4v) is 3.63. The molecular weight excluding hydrogens is 462 g/mol. The highest BCUT2D eigenvalue weighted by Gasteiger charge is 2.08. The summed E-state index contributed by atoms with van der Waals surface area (Å²) >= 11 is 0. The van der Waals surface area contributed by atoms with Gasteiger partial charge in [-0.2, -0.15) is 0 Å². The molecule has 3 aromatic carbocycles. The predicted molar refractivity (Wildman–Crippen MR) is 143 cm³/mol. The third kappa shape index (κ3) is 7.19. The molecule has 0 saturated heterocycles. The van der Waals surface area contributed by atoms with E-state index in [0.29, 0.717) is 25.3 Å². The molecule has 0 aliphatic carbocycles. The summed E-state index contributed by atoms with van der Waals surface area (Å²) < 4.78 is 0. The highest BCUT2D eigenvalue weighted by atomic mass is 35.5. The first kappa shape index (κ1) is 25.5. The molecule has 0 bridgehead atoms. The molecule has 4 N–H and O–H groups in total. The Bertz CT molecular complexity index is 1300. The summed E-state index contributed by atoms with van der Waals surface area (Å²) in [4.78, 5) is 28.5. The first-order valence-electron chi connectivity index (χ1n) is 11.2. The van der Waals surface area contributed by atoms with E-state index in [4.69, 9.17) is 0 Å². The number of carbonyl (C=O) groups is 2. The number of nitrogens with zero attached hydrogens (tertiary/aromatic N) is 1. The van der Waals surface area contributed by atoms with Gasteiger partial charge in [0, 0.05) is 36.0 Å². The van der Waals surface area contributed by atoms with Crippen LogP contribution in [0.4, 0.5) is 22.0 Å². The SMILES string of the molecule is CCNC(=O)Nc1cc2cccc(Nc3cccc(CC(=O)NCc4ccccc4)c3)c2cn1.Cl. The smallest absolute Gasteiger partial charge is 0.320 e. The number of nitrogens with one attached hydrogen (secondary N) is 4. The molecule has 180 valence electrons. The van der Waals surface area contributed by atoms with Crippen LogP contribution in [0.2, 0.25) is 0 Å². The Hall–Kier alpha value is -4.10. The highest BCUT2D eigenvalue weighted by Crippen LogP contribution is 2.27. The van der Waals surface area contributed by atoms with Crippen LogP contribution in [-0.4, -0.2) is 23.5 Å². The number of halogens is 1. The lowest BCUT2D eigenvalue weighted by atomic mass is 10.1. The van der Waals surface area contributed by atoms with Gasteiger partial charge in [0.1, 0.15) is 5.82 Å². The van der Waals surface area contributed by atoms with Crippen molar-refractivity contribution in [2.24, 2.45) is 0 Å². The van der Waals surface area contributed by atoms with Gasteiger partial charge in [-0.15, -0.1) is 12.4 Å². The van der Waals surface area contributed by atoms with Crippen molar-refractivity contribution in [3.05, 3.63) is 96.2 Å². The van der Waals surface area contributed by atoms with Gasteiger partial charge in [0.15, 0.2) is 0 Å². The van der Waals surface area contributed by atoms with Crippen LogP contribution >= 0.6 is 12.4 Å². The van der Waals surface area contributed by atoms with E-state index in [-0.39, 0.29) is 24.3 Å². The molecule has 1 aromatic heterocycles. The second-order valence-electron chi connectivity index (χ2n) is 7.85. The summed E-state index contributed by atoms with van der Waals surface area (Å²) in [7, 11) is 0. The summed E-state index contributed by atoms with van der Waals surface area (Å²) in [5.74, 6) is 0.460. The third-order valence-corrected chi connectivity index (χ3v) is 5.25. The Morgan fingerprint density at radius 3 is 2.43 bits per heavy atom. The molecule has 8 heteroatoms. The predicted octanol–water partition coefficient (Wildman–Crippen LogP) is 5.40. The van der Waals surface area contributed by atoms with Crippen molar-refractivity contribution in [2.75, 3.05) is 17.2 Å². The van der Waals surface area contributed by atoms with Gasteiger partial charge in [0.2, 0.25) is 5.91 Å². The van der Waals surface area contributed by atoms with E-state index in [9.17, 15) is 9.59 Å². The molecule has 0 unspecified atom stereocenters. The molecule has 35 heavy (non-hydrogen) atoms. The van der Waals surface area contributed by atoms with Crippen molar-refractivity contribution in [1.29, 1.82) is 0 Å². The van der Waals surface area contributed by atoms with Crippen LogP contribution in [0.25, 0.3) is 10.8 Å². The van der Waals surface area contributed by atoms with Crippen LogP contribution in [-0.2, 0) is 17.8 Å². The Labute approximate surface area is 210 Å². The number of benzene rings is 3. The Kier molecular flexibility index (Phi) is 9.03. The zero-order chi connectivity index (χ0) is 23.8. The van der Waals surface area contributed by atoms with Gasteiger partial charge in [-0.05, 0) is 47.7 Å². The largest absolute Gasteiger partial charge is 0.355 e. The zero-order valence-electron chi connectivity index (χ0n) is 19.4. The molecule has 3 amide bonds. The number of carbonyl (C=O) groups excluding carboxylic acids is 2. The van der Waals surface area contributed by atoms with Crippen molar-refractivity contribution < 1.29 is 9.59 Å². The van der Waals surface area contributed by atoms with Crippen molar-refractivity contribution >= 4 is 52.3 Å². The van der Waals surface area contributed by atoms with Crippen molar-refractivity contribution in [3.63, 3.8) is 0 Å². The van der Waals surface area contributed by atoms with Gasteiger partial charge < -0.3 is 16.0 Å². The van der Waals surface area contributed by atoms with Gasteiger partial charge in [-0.3, -0.25) is 10.1 Å². The summed E-state index contributed by atoms with van der Waals surface area (Å²) in [6.45, 7) is 2.91. The van der Waals surface area contributed by atoms with Crippen molar-refractivity contribution in [1.82, 2.24) is 15.6 Å². The Morgan fingerprint density at radius 2 is 1.63 bits per heavy atom. The summed E-state index contributed by atoms with van der Waals surface area (Å²) in [6, 6.07) is 25.1. The summed E-state index contributed by atoms with van der Waals surface area (Å²) in [6.07, 6.45) is 2.04. The molecule has 0 aliphatic rings. The fraction of sp³-hybridized carbons (Fsp3) is 0.148. The Morgan fingerprint density at radius 1 is 0.857 bits per heavy atom. The molecule has 4 rings (SSSR count). The van der Waals surface area contributed by atoms with Crippen LogP contribution in [0.15, 0.2) is 85.1 Å². The quantitative estimate of drug-likeness (QED) is 0.266. The minimum absolute atomic E-state index is 0. The second kappa shape index (κ2) is 12.4. The lowest BCUT2D eigenvalue weighted by Gasteiger charge is -2.12. The van der Waals surface area contributed by atoms with Crippen LogP contribution in [0.3, 0.4) is 0 Å². The molecule has 0 spiro atoms. The molecule has 0 aliphatic heterocycles. The maximum atomic E-state index is 12.4. The van der Waals surface area contributed by atoms with E-state index < -0.39 is 0 Å². The van der Waals surface area contributed by atoms with E-state index in [1.807, 2.05) is 85.8 Å². The highest BCUT2D eigenvalue weighted by molar-refractivity contribution is 5.98. The van der Waals surface area contributed by atoms with Crippen LogP contribution in [0.1, 0.15) is 18.1 Å². The molecule has 0 saturated carbocycles. The number of urea groups is 1. The van der Waals surface area contributed by atoms with Gasteiger partial charge >= 0.3 is 6.03 Å². The number of hydrogen-bond donors (Lipinski definition) is 4. The molecule has 0 radical (unpaired) electrons. The zero-order valence-corrected chi connectivity index (χ0v) is 20.2.